The molecule has 104 valence electrons. The van der Waals surface area contributed by atoms with E-state index in [1.807, 2.05) is 6.07 Å². The SMILES string of the molecule is CC1=C(CCl)[C@H]([C@@H](C)COCc2ccccc2)CC1. The lowest BCUT2D eigenvalue weighted by Crippen LogP contribution is -2.18. The highest BCUT2D eigenvalue weighted by Gasteiger charge is 2.27. The van der Waals surface area contributed by atoms with Crippen molar-refractivity contribution < 1.29 is 4.74 Å². The Morgan fingerprint density at radius 1 is 1.32 bits per heavy atom. The minimum Gasteiger partial charge on any atom is -0.376 e. The molecule has 2 atom stereocenters. The third-order valence-corrected chi connectivity index (χ3v) is 4.44. The second-order valence-corrected chi connectivity index (χ2v) is 5.83. The van der Waals surface area contributed by atoms with Crippen LogP contribution in [0.25, 0.3) is 0 Å². The summed E-state index contributed by atoms with van der Waals surface area (Å²) in [5, 5.41) is 0. The fraction of sp³-hybridized carbons (Fsp3) is 0.529. The Bertz CT molecular complexity index is 424. The van der Waals surface area contributed by atoms with Gasteiger partial charge >= 0.3 is 0 Å². The first-order chi connectivity index (χ1) is 9.22. The second-order valence-electron chi connectivity index (χ2n) is 5.56. The molecular weight excluding hydrogens is 256 g/mol. The molecule has 1 aliphatic rings. The predicted molar refractivity (Wildman–Crippen MR) is 81.4 cm³/mol. The van der Waals surface area contributed by atoms with Gasteiger partial charge in [0, 0.05) is 5.88 Å². The average Bonchev–Trinajstić information content (AvgIpc) is 2.81. The monoisotopic (exact) mass is 278 g/mol. The summed E-state index contributed by atoms with van der Waals surface area (Å²) in [5.74, 6) is 1.85. The molecule has 2 heteroatoms. The predicted octanol–water partition coefficient (Wildman–Crippen LogP) is 4.80. The molecule has 0 unspecified atom stereocenters. The van der Waals surface area contributed by atoms with Gasteiger partial charge in [-0.3, -0.25) is 0 Å². The largest absolute Gasteiger partial charge is 0.376 e. The van der Waals surface area contributed by atoms with E-state index in [0.717, 1.165) is 6.61 Å². The third-order valence-electron chi connectivity index (χ3n) is 4.15. The van der Waals surface area contributed by atoms with Crippen LogP contribution in [0.4, 0.5) is 0 Å². The van der Waals surface area contributed by atoms with Gasteiger partial charge in [-0.25, -0.2) is 0 Å². The van der Waals surface area contributed by atoms with Gasteiger partial charge in [-0.2, -0.15) is 0 Å². The van der Waals surface area contributed by atoms with E-state index < -0.39 is 0 Å². The summed E-state index contributed by atoms with van der Waals surface area (Å²) in [6, 6.07) is 10.3. The van der Waals surface area contributed by atoms with Crippen molar-refractivity contribution in [3.05, 3.63) is 47.0 Å². The Morgan fingerprint density at radius 2 is 2.05 bits per heavy atom. The number of benzene rings is 1. The molecule has 2 rings (SSSR count). The summed E-state index contributed by atoms with van der Waals surface area (Å²) in [5.41, 5.74) is 4.19. The van der Waals surface area contributed by atoms with Crippen LogP contribution in [0.5, 0.6) is 0 Å². The van der Waals surface area contributed by atoms with Crippen molar-refractivity contribution in [2.75, 3.05) is 12.5 Å². The molecule has 0 saturated carbocycles. The fourth-order valence-corrected chi connectivity index (χ4v) is 3.34. The Hall–Kier alpha value is -0.790. The molecule has 0 heterocycles. The highest BCUT2D eigenvalue weighted by Crippen LogP contribution is 2.37. The fourth-order valence-electron chi connectivity index (χ4n) is 2.92. The minimum absolute atomic E-state index is 0.551. The van der Waals surface area contributed by atoms with Crippen LogP contribution in [0.1, 0.15) is 32.3 Å². The number of hydrogen-bond acceptors (Lipinski definition) is 1. The van der Waals surface area contributed by atoms with Gasteiger partial charge in [0.25, 0.3) is 0 Å². The quantitative estimate of drug-likeness (QED) is 0.536. The molecule has 0 amide bonds. The summed E-state index contributed by atoms with van der Waals surface area (Å²) >= 11 is 6.07. The van der Waals surface area contributed by atoms with Crippen LogP contribution in [0.15, 0.2) is 41.5 Å². The Morgan fingerprint density at radius 3 is 2.74 bits per heavy atom. The first-order valence-corrected chi connectivity index (χ1v) is 7.62. The average molecular weight is 279 g/mol. The summed E-state index contributed by atoms with van der Waals surface area (Å²) in [4.78, 5) is 0. The van der Waals surface area contributed by atoms with E-state index in [9.17, 15) is 0 Å². The van der Waals surface area contributed by atoms with Gasteiger partial charge in [-0.15, -0.1) is 11.6 Å². The third kappa shape index (κ3) is 3.84. The van der Waals surface area contributed by atoms with E-state index in [4.69, 9.17) is 16.3 Å². The van der Waals surface area contributed by atoms with Crippen LogP contribution in [-0.2, 0) is 11.3 Å². The van der Waals surface area contributed by atoms with Gasteiger partial charge in [0.05, 0.1) is 13.2 Å². The van der Waals surface area contributed by atoms with Gasteiger partial charge in [0.15, 0.2) is 0 Å². The zero-order chi connectivity index (χ0) is 13.7. The molecule has 1 aliphatic carbocycles. The van der Waals surface area contributed by atoms with Gasteiger partial charge in [-0.05, 0) is 37.2 Å². The van der Waals surface area contributed by atoms with Crippen molar-refractivity contribution in [1.82, 2.24) is 0 Å². The summed E-state index contributed by atoms with van der Waals surface area (Å²) in [6.45, 7) is 6.01. The van der Waals surface area contributed by atoms with Crippen LogP contribution >= 0.6 is 11.6 Å². The number of ether oxygens (including phenoxy) is 1. The lowest BCUT2D eigenvalue weighted by molar-refractivity contribution is 0.0780. The normalized spacial score (nSPS) is 20.9. The first-order valence-electron chi connectivity index (χ1n) is 7.08. The van der Waals surface area contributed by atoms with Gasteiger partial charge in [-0.1, -0.05) is 48.4 Å². The number of hydrogen-bond donors (Lipinski definition) is 0. The molecule has 0 aromatic heterocycles. The molecule has 0 aliphatic heterocycles. The molecule has 1 aromatic carbocycles. The Labute approximate surface area is 121 Å². The highest BCUT2D eigenvalue weighted by atomic mass is 35.5. The maximum absolute atomic E-state index is 6.07. The zero-order valence-electron chi connectivity index (χ0n) is 11.9. The zero-order valence-corrected chi connectivity index (χ0v) is 12.6. The van der Waals surface area contributed by atoms with Crippen molar-refractivity contribution in [2.45, 2.75) is 33.3 Å². The molecule has 0 fully saturated rings. The van der Waals surface area contributed by atoms with Gasteiger partial charge in [0.2, 0.25) is 0 Å². The topological polar surface area (TPSA) is 9.23 Å². The highest BCUT2D eigenvalue weighted by molar-refractivity contribution is 6.19. The minimum atomic E-state index is 0.551. The van der Waals surface area contributed by atoms with Crippen LogP contribution in [0, 0.1) is 11.8 Å². The molecule has 0 saturated heterocycles. The maximum atomic E-state index is 6.07. The molecular formula is C17H23ClO. The number of rotatable bonds is 6. The molecule has 1 nitrogen and oxygen atoms in total. The number of alkyl halides is 1. The Kier molecular flexibility index (Phi) is 5.47. The number of allylic oxidation sites excluding steroid dienone is 2. The lowest BCUT2D eigenvalue weighted by atomic mass is 9.89. The summed E-state index contributed by atoms with van der Waals surface area (Å²) in [6.07, 6.45) is 2.44. The van der Waals surface area contributed by atoms with Crippen LogP contribution in [0.3, 0.4) is 0 Å². The molecule has 0 N–H and O–H groups in total. The molecule has 0 bridgehead atoms. The van der Waals surface area contributed by atoms with E-state index in [-0.39, 0.29) is 0 Å². The smallest absolute Gasteiger partial charge is 0.0717 e. The van der Waals surface area contributed by atoms with Crippen LogP contribution < -0.4 is 0 Å². The van der Waals surface area contributed by atoms with Crippen molar-refractivity contribution in [1.29, 1.82) is 0 Å². The first kappa shape index (κ1) is 14.6. The van der Waals surface area contributed by atoms with Crippen LogP contribution in [0.2, 0.25) is 0 Å². The number of halogens is 1. The van der Waals surface area contributed by atoms with E-state index >= 15 is 0 Å². The van der Waals surface area contributed by atoms with Crippen molar-refractivity contribution in [2.24, 2.45) is 11.8 Å². The van der Waals surface area contributed by atoms with E-state index in [2.05, 4.69) is 38.1 Å². The van der Waals surface area contributed by atoms with E-state index in [0.29, 0.717) is 24.3 Å². The molecule has 19 heavy (non-hydrogen) atoms. The van der Waals surface area contributed by atoms with Crippen LogP contribution in [-0.4, -0.2) is 12.5 Å². The second kappa shape index (κ2) is 7.12. The lowest BCUT2D eigenvalue weighted by Gasteiger charge is -2.22. The summed E-state index contributed by atoms with van der Waals surface area (Å²) in [7, 11) is 0. The van der Waals surface area contributed by atoms with Crippen molar-refractivity contribution in [3.8, 4) is 0 Å². The van der Waals surface area contributed by atoms with Crippen molar-refractivity contribution in [3.63, 3.8) is 0 Å². The molecule has 0 radical (unpaired) electrons. The maximum Gasteiger partial charge on any atom is 0.0717 e. The van der Waals surface area contributed by atoms with Gasteiger partial charge in [0.1, 0.15) is 0 Å². The summed E-state index contributed by atoms with van der Waals surface area (Å²) < 4.78 is 5.86. The van der Waals surface area contributed by atoms with E-state index in [1.54, 1.807) is 0 Å². The Balaban J connectivity index is 1.80. The van der Waals surface area contributed by atoms with Crippen molar-refractivity contribution >= 4 is 11.6 Å². The standard InChI is InChI=1S/C17H23ClO/c1-13-8-9-16(17(13)10-18)14(2)11-19-12-15-6-4-3-5-7-15/h3-7,14,16H,8-12H2,1-2H3/t14-,16-/m0/s1. The molecule has 0 spiro atoms. The van der Waals surface area contributed by atoms with E-state index in [1.165, 1.54) is 29.6 Å². The van der Waals surface area contributed by atoms with Gasteiger partial charge < -0.3 is 4.74 Å². The molecule has 1 aromatic rings.